The molecule has 0 radical (unpaired) electrons. The molecule has 1 heterocycles. The summed E-state index contributed by atoms with van der Waals surface area (Å²) < 4.78 is 0. The van der Waals surface area contributed by atoms with Gasteiger partial charge in [0.25, 0.3) is 0 Å². The summed E-state index contributed by atoms with van der Waals surface area (Å²) in [6.45, 7) is 4.80. The van der Waals surface area contributed by atoms with Crippen molar-refractivity contribution in [1.29, 1.82) is 0 Å². The molecule has 0 spiro atoms. The maximum Gasteiger partial charge on any atom is 0.220 e. The second kappa shape index (κ2) is 6.71. The third-order valence-corrected chi connectivity index (χ3v) is 4.76. The highest BCUT2D eigenvalue weighted by Crippen LogP contribution is 2.31. The fraction of sp³-hybridized carbons (Fsp3) is 0.933. The highest BCUT2D eigenvalue weighted by atomic mass is 16.3. The summed E-state index contributed by atoms with van der Waals surface area (Å²) in [6, 6.07) is 0. The first-order valence-electron chi connectivity index (χ1n) is 7.77. The lowest BCUT2D eigenvalue weighted by atomic mass is 9.79. The van der Waals surface area contributed by atoms with Gasteiger partial charge >= 0.3 is 0 Å². The molecular formula is C15H28N2O2. The highest BCUT2D eigenvalue weighted by molar-refractivity contribution is 5.75. The molecule has 3 N–H and O–H groups in total. The zero-order chi connectivity index (χ0) is 13.7. The monoisotopic (exact) mass is 268 g/mol. The lowest BCUT2D eigenvalue weighted by molar-refractivity contribution is -0.123. The summed E-state index contributed by atoms with van der Waals surface area (Å²) in [6.07, 6.45) is 6.53. The van der Waals surface area contributed by atoms with Gasteiger partial charge in [0, 0.05) is 13.0 Å². The van der Waals surface area contributed by atoms with E-state index in [-0.39, 0.29) is 5.91 Å². The van der Waals surface area contributed by atoms with Gasteiger partial charge < -0.3 is 15.7 Å². The van der Waals surface area contributed by atoms with E-state index >= 15 is 0 Å². The van der Waals surface area contributed by atoms with Crippen LogP contribution in [0.5, 0.6) is 0 Å². The van der Waals surface area contributed by atoms with Gasteiger partial charge in [-0.25, -0.2) is 0 Å². The molecule has 0 aromatic rings. The van der Waals surface area contributed by atoms with E-state index in [1.165, 1.54) is 6.42 Å². The van der Waals surface area contributed by atoms with Gasteiger partial charge in [-0.1, -0.05) is 6.92 Å². The summed E-state index contributed by atoms with van der Waals surface area (Å²) in [7, 11) is 0. The fourth-order valence-electron chi connectivity index (χ4n) is 3.12. The average Bonchev–Trinajstić information content (AvgIpc) is 2.91. The topological polar surface area (TPSA) is 61.4 Å². The van der Waals surface area contributed by atoms with E-state index in [0.717, 1.165) is 45.2 Å². The Morgan fingerprint density at radius 2 is 2.11 bits per heavy atom. The zero-order valence-electron chi connectivity index (χ0n) is 12.1. The Bertz CT molecular complexity index is 293. The van der Waals surface area contributed by atoms with E-state index in [1.807, 2.05) is 0 Å². The maximum absolute atomic E-state index is 11.8. The third kappa shape index (κ3) is 4.77. The summed E-state index contributed by atoms with van der Waals surface area (Å²) >= 11 is 0. The van der Waals surface area contributed by atoms with E-state index in [1.54, 1.807) is 0 Å². The molecule has 1 unspecified atom stereocenters. The van der Waals surface area contributed by atoms with Gasteiger partial charge in [-0.05, 0) is 63.5 Å². The Morgan fingerprint density at radius 3 is 2.74 bits per heavy atom. The number of hydrogen-bond donors (Lipinski definition) is 3. The first kappa shape index (κ1) is 14.8. The quantitative estimate of drug-likeness (QED) is 0.707. The van der Waals surface area contributed by atoms with Gasteiger partial charge in [0.1, 0.15) is 0 Å². The molecule has 1 aliphatic heterocycles. The van der Waals surface area contributed by atoms with Crippen LogP contribution in [0.3, 0.4) is 0 Å². The Balaban J connectivity index is 1.62. The van der Waals surface area contributed by atoms with Crippen molar-refractivity contribution >= 4 is 5.91 Å². The number of rotatable bonds is 5. The SMILES string of the molecule is CC1CCC(O)(CNC(=O)CCC2CCNC2)CC1. The van der Waals surface area contributed by atoms with Crippen LogP contribution in [0, 0.1) is 11.8 Å². The molecule has 0 aromatic heterocycles. The van der Waals surface area contributed by atoms with Crippen LogP contribution in [-0.4, -0.2) is 36.2 Å². The minimum atomic E-state index is -0.656. The third-order valence-electron chi connectivity index (χ3n) is 4.76. The van der Waals surface area contributed by atoms with Gasteiger partial charge in [0.05, 0.1) is 5.60 Å². The van der Waals surface area contributed by atoms with Crippen LogP contribution in [0.25, 0.3) is 0 Å². The van der Waals surface area contributed by atoms with Crippen LogP contribution in [0.1, 0.15) is 51.9 Å². The van der Waals surface area contributed by atoms with Gasteiger partial charge in [-0.2, -0.15) is 0 Å². The number of nitrogens with one attached hydrogen (secondary N) is 2. The maximum atomic E-state index is 11.8. The summed E-state index contributed by atoms with van der Waals surface area (Å²) in [5.74, 6) is 1.47. The Labute approximate surface area is 116 Å². The van der Waals surface area contributed by atoms with Crippen molar-refractivity contribution in [2.24, 2.45) is 11.8 Å². The Morgan fingerprint density at radius 1 is 1.37 bits per heavy atom. The second-order valence-corrected chi connectivity index (χ2v) is 6.58. The predicted octanol–water partition coefficient (Wildman–Crippen LogP) is 1.43. The molecule has 0 bridgehead atoms. The molecule has 2 aliphatic rings. The first-order chi connectivity index (χ1) is 9.07. The van der Waals surface area contributed by atoms with Crippen LogP contribution in [0.2, 0.25) is 0 Å². The molecule has 1 amide bonds. The molecule has 1 saturated carbocycles. The van der Waals surface area contributed by atoms with Crippen LogP contribution in [0.4, 0.5) is 0 Å². The van der Waals surface area contributed by atoms with Gasteiger partial charge in [-0.15, -0.1) is 0 Å². The van der Waals surface area contributed by atoms with Crippen LogP contribution in [-0.2, 0) is 4.79 Å². The molecular weight excluding hydrogens is 240 g/mol. The van der Waals surface area contributed by atoms with Crippen LogP contribution < -0.4 is 10.6 Å². The highest BCUT2D eigenvalue weighted by Gasteiger charge is 2.32. The van der Waals surface area contributed by atoms with Crippen molar-refractivity contribution in [3.63, 3.8) is 0 Å². The molecule has 1 aliphatic carbocycles. The van der Waals surface area contributed by atoms with Crippen LogP contribution in [0.15, 0.2) is 0 Å². The minimum Gasteiger partial charge on any atom is -0.388 e. The summed E-state index contributed by atoms with van der Waals surface area (Å²) in [4.78, 5) is 11.8. The van der Waals surface area contributed by atoms with Gasteiger partial charge in [0.2, 0.25) is 5.91 Å². The number of hydrogen-bond acceptors (Lipinski definition) is 3. The smallest absolute Gasteiger partial charge is 0.220 e. The van der Waals surface area contributed by atoms with Crippen molar-refractivity contribution in [2.75, 3.05) is 19.6 Å². The minimum absolute atomic E-state index is 0.0962. The van der Waals surface area contributed by atoms with E-state index in [4.69, 9.17) is 0 Å². The first-order valence-corrected chi connectivity index (χ1v) is 7.77. The lowest BCUT2D eigenvalue weighted by Crippen LogP contribution is -2.45. The molecule has 110 valence electrons. The number of carbonyl (C=O) groups is 1. The molecule has 4 heteroatoms. The lowest BCUT2D eigenvalue weighted by Gasteiger charge is -2.35. The van der Waals surface area contributed by atoms with Crippen molar-refractivity contribution in [1.82, 2.24) is 10.6 Å². The predicted molar refractivity (Wildman–Crippen MR) is 75.8 cm³/mol. The normalized spacial score (nSPS) is 35.3. The van der Waals surface area contributed by atoms with Crippen molar-refractivity contribution < 1.29 is 9.90 Å². The standard InChI is InChI=1S/C15H28N2O2/c1-12-4-7-15(19,8-5-12)11-17-14(18)3-2-13-6-9-16-10-13/h12-13,16,19H,2-11H2,1H3,(H,17,18). The number of carbonyl (C=O) groups excluding carboxylic acids is 1. The molecule has 1 saturated heterocycles. The average molecular weight is 268 g/mol. The Hall–Kier alpha value is -0.610. The molecule has 2 rings (SSSR count). The van der Waals surface area contributed by atoms with E-state index < -0.39 is 5.60 Å². The Kier molecular flexibility index (Phi) is 5.22. The largest absolute Gasteiger partial charge is 0.388 e. The number of amides is 1. The second-order valence-electron chi connectivity index (χ2n) is 6.58. The summed E-state index contributed by atoms with van der Waals surface area (Å²) in [5, 5.41) is 16.6. The van der Waals surface area contributed by atoms with Gasteiger partial charge in [0.15, 0.2) is 0 Å². The molecule has 19 heavy (non-hydrogen) atoms. The summed E-state index contributed by atoms with van der Waals surface area (Å²) in [5.41, 5.74) is -0.656. The van der Waals surface area contributed by atoms with Gasteiger partial charge in [-0.3, -0.25) is 4.79 Å². The molecule has 0 aromatic carbocycles. The van der Waals surface area contributed by atoms with E-state index in [2.05, 4.69) is 17.6 Å². The van der Waals surface area contributed by atoms with Crippen molar-refractivity contribution in [3.05, 3.63) is 0 Å². The van der Waals surface area contributed by atoms with Crippen molar-refractivity contribution in [3.8, 4) is 0 Å². The number of aliphatic hydroxyl groups is 1. The van der Waals surface area contributed by atoms with E-state index in [0.29, 0.717) is 24.8 Å². The fourth-order valence-corrected chi connectivity index (χ4v) is 3.12. The molecule has 4 nitrogen and oxygen atoms in total. The molecule has 1 atom stereocenters. The zero-order valence-corrected chi connectivity index (χ0v) is 12.1. The van der Waals surface area contributed by atoms with Crippen molar-refractivity contribution in [2.45, 2.75) is 57.5 Å². The molecule has 2 fully saturated rings. The van der Waals surface area contributed by atoms with E-state index in [9.17, 15) is 9.90 Å². The van der Waals surface area contributed by atoms with Crippen LogP contribution >= 0.6 is 0 Å².